The van der Waals surface area contributed by atoms with E-state index in [4.69, 9.17) is 9.47 Å². The first-order valence-corrected chi connectivity index (χ1v) is 7.95. The van der Waals surface area contributed by atoms with Gasteiger partial charge in [-0.3, -0.25) is 0 Å². The monoisotopic (exact) mass is 326 g/mol. The van der Waals surface area contributed by atoms with Crippen molar-refractivity contribution in [1.82, 2.24) is 5.32 Å². The minimum absolute atomic E-state index is 0.201. The zero-order valence-electron chi connectivity index (χ0n) is 14.2. The number of benzene rings is 2. The largest absolute Gasteiger partial charge is 0.493 e. The minimum atomic E-state index is -0.326. The van der Waals surface area contributed by atoms with Crippen LogP contribution in [0.5, 0.6) is 11.5 Å². The molecule has 0 unspecified atom stereocenters. The van der Waals surface area contributed by atoms with E-state index < -0.39 is 0 Å². The van der Waals surface area contributed by atoms with Gasteiger partial charge in [0.2, 0.25) is 0 Å². The molecule has 0 atom stereocenters. The Morgan fingerprint density at radius 3 is 2.42 bits per heavy atom. The Bertz CT molecular complexity index is 754. The molecule has 1 fully saturated rings. The van der Waals surface area contributed by atoms with E-state index in [0.29, 0.717) is 11.5 Å². The van der Waals surface area contributed by atoms with Crippen LogP contribution in [0.15, 0.2) is 42.5 Å². The molecular weight excluding hydrogens is 304 g/mol. The summed E-state index contributed by atoms with van der Waals surface area (Å²) in [5.74, 6) is 1.35. The van der Waals surface area contributed by atoms with E-state index in [2.05, 4.69) is 10.6 Å². The van der Waals surface area contributed by atoms with Gasteiger partial charge < -0.3 is 20.1 Å². The summed E-state index contributed by atoms with van der Waals surface area (Å²) in [4.78, 5) is 12.4. The van der Waals surface area contributed by atoms with Crippen molar-refractivity contribution in [3.63, 3.8) is 0 Å². The van der Waals surface area contributed by atoms with Gasteiger partial charge in [0.05, 0.1) is 19.8 Å². The number of hydrogen-bond acceptors (Lipinski definition) is 3. The van der Waals surface area contributed by atoms with Gasteiger partial charge in [0.1, 0.15) is 0 Å². The van der Waals surface area contributed by atoms with Crippen molar-refractivity contribution >= 4 is 11.7 Å². The lowest BCUT2D eigenvalue weighted by molar-refractivity contribution is 0.247. The number of aryl methyl sites for hydroxylation is 1. The van der Waals surface area contributed by atoms with Gasteiger partial charge in [-0.1, -0.05) is 18.2 Å². The molecule has 24 heavy (non-hydrogen) atoms. The van der Waals surface area contributed by atoms with Crippen LogP contribution >= 0.6 is 0 Å². The number of rotatable bonds is 5. The molecule has 0 aliphatic heterocycles. The van der Waals surface area contributed by atoms with Crippen molar-refractivity contribution in [2.24, 2.45) is 0 Å². The van der Waals surface area contributed by atoms with Gasteiger partial charge in [0.25, 0.3) is 0 Å². The molecule has 1 aliphatic carbocycles. The molecule has 3 rings (SSSR count). The first-order valence-electron chi connectivity index (χ1n) is 7.95. The number of amides is 2. The number of anilines is 1. The molecular formula is C19H22N2O3. The average Bonchev–Trinajstić information content (AvgIpc) is 3.34. The van der Waals surface area contributed by atoms with E-state index in [1.54, 1.807) is 14.2 Å². The second kappa shape index (κ2) is 6.43. The number of methoxy groups -OCH3 is 2. The van der Waals surface area contributed by atoms with Crippen LogP contribution in [0.1, 0.15) is 24.0 Å². The fourth-order valence-electron chi connectivity index (χ4n) is 2.85. The first-order chi connectivity index (χ1) is 11.6. The molecule has 0 heterocycles. The second-order valence-corrected chi connectivity index (χ2v) is 6.10. The van der Waals surface area contributed by atoms with Crippen LogP contribution < -0.4 is 20.1 Å². The Kier molecular flexibility index (Phi) is 4.34. The van der Waals surface area contributed by atoms with Gasteiger partial charge in [-0.2, -0.15) is 0 Å². The maximum Gasteiger partial charge on any atom is 0.319 e. The molecule has 0 radical (unpaired) electrons. The van der Waals surface area contributed by atoms with Crippen molar-refractivity contribution in [3.8, 4) is 11.5 Å². The van der Waals surface area contributed by atoms with Crippen LogP contribution in [0.2, 0.25) is 0 Å². The molecule has 2 N–H and O–H groups in total. The Hall–Kier alpha value is -2.69. The normalized spacial score (nSPS) is 14.6. The zero-order valence-corrected chi connectivity index (χ0v) is 14.2. The van der Waals surface area contributed by atoms with Crippen molar-refractivity contribution < 1.29 is 14.3 Å². The van der Waals surface area contributed by atoms with Gasteiger partial charge in [0, 0.05) is 5.69 Å². The third kappa shape index (κ3) is 3.30. The minimum Gasteiger partial charge on any atom is -0.493 e. The van der Waals surface area contributed by atoms with Crippen molar-refractivity contribution in [1.29, 1.82) is 0 Å². The highest BCUT2D eigenvalue weighted by molar-refractivity contribution is 5.90. The molecule has 5 heteroatoms. The van der Waals surface area contributed by atoms with Crippen LogP contribution in [-0.2, 0) is 5.54 Å². The second-order valence-electron chi connectivity index (χ2n) is 6.10. The van der Waals surface area contributed by atoms with E-state index in [1.807, 2.05) is 49.4 Å². The zero-order chi connectivity index (χ0) is 17.2. The van der Waals surface area contributed by atoms with E-state index in [1.165, 1.54) is 0 Å². The average molecular weight is 326 g/mol. The Morgan fingerprint density at radius 1 is 1.04 bits per heavy atom. The van der Waals surface area contributed by atoms with Crippen LogP contribution in [0.4, 0.5) is 10.5 Å². The maximum absolute atomic E-state index is 12.4. The summed E-state index contributed by atoms with van der Waals surface area (Å²) in [7, 11) is 3.22. The third-order valence-corrected chi connectivity index (χ3v) is 4.31. The van der Waals surface area contributed by atoms with Crippen molar-refractivity contribution in [2.45, 2.75) is 25.3 Å². The van der Waals surface area contributed by atoms with E-state index in [-0.39, 0.29) is 11.6 Å². The fraction of sp³-hybridized carbons (Fsp3) is 0.316. The smallest absolute Gasteiger partial charge is 0.319 e. The summed E-state index contributed by atoms with van der Waals surface area (Å²) in [5, 5.41) is 5.99. The number of nitrogens with one attached hydrogen (secondary N) is 2. The molecule has 0 spiro atoms. The molecule has 2 aromatic carbocycles. The van der Waals surface area contributed by atoms with Crippen molar-refractivity contribution in [3.05, 3.63) is 53.6 Å². The van der Waals surface area contributed by atoms with Crippen molar-refractivity contribution in [2.75, 3.05) is 19.5 Å². The predicted molar refractivity (Wildman–Crippen MR) is 93.8 cm³/mol. The molecule has 2 aromatic rings. The Morgan fingerprint density at radius 2 is 1.79 bits per heavy atom. The van der Waals surface area contributed by atoms with Crippen LogP contribution in [0.25, 0.3) is 0 Å². The van der Waals surface area contributed by atoms with Gasteiger partial charge in [0.15, 0.2) is 11.5 Å². The molecule has 1 aliphatic rings. The number of carbonyl (C=O) groups is 1. The number of hydrogen-bond donors (Lipinski definition) is 2. The molecule has 126 valence electrons. The van der Waals surface area contributed by atoms with Crippen LogP contribution in [-0.4, -0.2) is 20.3 Å². The predicted octanol–water partition coefficient (Wildman–Crippen LogP) is 3.82. The topological polar surface area (TPSA) is 59.6 Å². The lowest BCUT2D eigenvalue weighted by Crippen LogP contribution is -2.38. The van der Waals surface area contributed by atoms with Gasteiger partial charge in [-0.15, -0.1) is 0 Å². The summed E-state index contributed by atoms with van der Waals surface area (Å²) in [6.45, 7) is 2.00. The summed E-state index contributed by atoms with van der Waals surface area (Å²) >= 11 is 0. The Labute approximate surface area is 142 Å². The highest BCUT2D eigenvalue weighted by atomic mass is 16.5. The number of carbonyl (C=O) groups excluding carboxylic acids is 1. The standard InChI is InChI=1S/C19H22N2O3/c1-13-5-4-6-15(11-13)20-18(22)21-19(9-10-19)14-7-8-16(23-2)17(12-14)24-3/h4-8,11-12H,9-10H2,1-3H3,(H2,20,21,22). The lowest BCUT2D eigenvalue weighted by atomic mass is 10.0. The summed E-state index contributed by atoms with van der Waals surface area (Å²) in [6, 6.07) is 13.3. The Balaban J connectivity index is 1.73. The summed E-state index contributed by atoms with van der Waals surface area (Å²) in [5.41, 5.74) is 2.59. The molecule has 2 amide bonds. The van der Waals surface area contributed by atoms with Gasteiger partial charge in [-0.25, -0.2) is 4.79 Å². The third-order valence-electron chi connectivity index (χ3n) is 4.31. The molecule has 5 nitrogen and oxygen atoms in total. The molecule has 0 bridgehead atoms. The number of ether oxygens (including phenoxy) is 2. The van der Waals surface area contributed by atoms with Gasteiger partial charge >= 0.3 is 6.03 Å². The van der Waals surface area contributed by atoms with E-state index in [9.17, 15) is 4.79 Å². The highest BCUT2D eigenvalue weighted by Gasteiger charge is 2.46. The highest BCUT2D eigenvalue weighted by Crippen LogP contribution is 2.47. The molecule has 0 saturated heterocycles. The molecule has 1 saturated carbocycles. The van der Waals surface area contributed by atoms with Crippen LogP contribution in [0.3, 0.4) is 0 Å². The fourth-order valence-corrected chi connectivity index (χ4v) is 2.85. The maximum atomic E-state index is 12.4. The van der Waals surface area contributed by atoms with Gasteiger partial charge in [-0.05, 0) is 55.2 Å². The van der Waals surface area contributed by atoms with E-state index in [0.717, 1.165) is 29.7 Å². The first kappa shape index (κ1) is 16.2. The SMILES string of the molecule is COc1ccc(C2(NC(=O)Nc3cccc(C)c3)CC2)cc1OC. The van der Waals surface area contributed by atoms with E-state index >= 15 is 0 Å². The quantitative estimate of drug-likeness (QED) is 0.878. The molecule has 0 aromatic heterocycles. The lowest BCUT2D eigenvalue weighted by Gasteiger charge is -2.20. The summed E-state index contributed by atoms with van der Waals surface area (Å²) < 4.78 is 10.6. The summed E-state index contributed by atoms with van der Waals surface area (Å²) in [6.07, 6.45) is 1.81. The van der Waals surface area contributed by atoms with Crippen LogP contribution in [0, 0.1) is 6.92 Å². The number of urea groups is 1.